The highest BCUT2D eigenvalue weighted by atomic mass is 19.1. The van der Waals surface area contributed by atoms with Crippen LogP contribution in [-0.4, -0.2) is 77.5 Å². The number of ketones is 2. The number of nitrogens with one attached hydrogen (secondary N) is 1. The van der Waals surface area contributed by atoms with Crippen LogP contribution in [0.25, 0.3) is 0 Å². The molecule has 1 fully saturated rings. The van der Waals surface area contributed by atoms with Gasteiger partial charge in [-0.15, -0.1) is 0 Å². The minimum atomic E-state index is -1.22. The summed E-state index contributed by atoms with van der Waals surface area (Å²) in [6, 6.07) is 7.02. The van der Waals surface area contributed by atoms with Crippen molar-refractivity contribution in [2.75, 3.05) is 19.8 Å². The maximum absolute atomic E-state index is 13.4. The lowest BCUT2D eigenvalue weighted by Gasteiger charge is -2.30. The van der Waals surface area contributed by atoms with Gasteiger partial charge in [0, 0.05) is 31.8 Å². The van der Waals surface area contributed by atoms with E-state index in [9.17, 15) is 28.7 Å². The fourth-order valence-electron chi connectivity index (χ4n) is 4.36. The number of nitrogens with zero attached hydrogens (tertiary/aromatic N) is 2. The average molecular weight is 536 g/mol. The Morgan fingerprint density at radius 1 is 1.21 bits per heavy atom. The number of alkyl carbamates (subject to hydrolysis) is 1. The second kappa shape index (κ2) is 15.0. The first-order valence-corrected chi connectivity index (χ1v) is 12.7. The van der Waals surface area contributed by atoms with Crippen LogP contribution in [-0.2, 0) is 25.7 Å². The van der Waals surface area contributed by atoms with Crippen molar-refractivity contribution in [3.63, 3.8) is 0 Å². The van der Waals surface area contributed by atoms with Crippen LogP contribution >= 0.6 is 0 Å². The molecular weight excluding hydrogens is 497 g/mol. The smallest absolute Gasteiger partial charge is 0.408 e. The molecule has 210 valence electrons. The van der Waals surface area contributed by atoms with Crippen molar-refractivity contribution < 1.29 is 33.4 Å². The number of ether oxygens (including phenoxy) is 1. The van der Waals surface area contributed by atoms with Crippen molar-refractivity contribution in [3.05, 3.63) is 35.9 Å². The number of aliphatic hydroxyl groups excluding tert-OH is 1. The number of carbonyl (C=O) groups excluding carboxylic acids is 4. The third-order valence-corrected chi connectivity index (χ3v) is 6.39. The quantitative estimate of drug-likeness (QED) is 0.155. The summed E-state index contributed by atoms with van der Waals surface area (Å²) in [7, 11) is 0. The molecule has 1 aliphatic heterocycles. The number of aliphatic hydroxyl groups is 1. The van der Waals surface area contributed by atoms with Crippen LogP contribution in [0.1, 0.15) is 45.1 Å². The maximum atomic E-state index is 13.4. The summed E-state index contributed by atoms with van der Waals surface area (Å²) in [5.41, 5.74) is 11.3. The Labute approximate surface area is 221 Å². The predicted octanol–water partition coefficient (Wildman–Crippen LogP) is 1.07. The number of halogens is 1. The van der Waals surface area contributed by atoms with E-state index in [4.69, 9.17) is 16.2 Å². The number of carbonyl (C=O) groups is 4. The van der Waals surface area contributed by atoms with Gasteiger partial charge in [-0.1, -0.05) is 44.2 Å². The summed E-state index contributed by atoms with van der Waals surface area (Å²) in [5.74, 6) is -3.09. The number of aliphatic imine (C=N–C) groups is 1. The van der Waals surface area contributed by atoms with E-state index in [1.165, 1.54) is 4.90 Å². The van der Waals surface area contributed by atoms with Gasteiger partial charge in [0.25, 0.3) is 0 Å². The number of hydrogen-bond donors (Lipinski definition) is 4. The molecule has 1 saturated heterocycles. The third kappa shape index (κ3) is 9.40. The Hall–Kier alpha value is -3.54. The second-order valence-electron chi connectivity index (χ2n) is 9.74. The Kier molecular flexibility index (Phi) is 12.1. The molecule has 38 heavy (non-hydrogen) atoms. The minimum absolute atomic E-state index is 0.0155. The van der Waals surface area contributed by atoms with Crippen molar-refractivity contribution >= 4 is 29.5 Å². The van der Waals surface area contributed by atoms with E-state index in [0.29, 0.717) is 6.42 Å². The van der Waals surface area contributed by atoms with E-state index in [0.717, 1.165) is 5.56 Å². The number of hydrogen-bond acceptors (Lipinski definition) is 7. The van der Waals surface area contributed by atoms with Crippen LogP contribution in [0, 0.1) is 11.8 Å². The van der Waals surface area contributed by atoms with Crippen molar-refractivity contribution in [2.24, 2.45) is 28.3 Å². The fraction of sp³-hybridized carbons (Fsp3) is 0.577. The van der Waals surface area contributed by atoms with E-state index >= 15 is 0 Å². The van der Waals surface area contributed by atoms with Gasteiger partial charge in [-0.25, -0.2) is 9.18 Å². The minimum Gasteiger partial charge on any atom is -0.445 e. The number of Topliss-reactive ketones (excluding diaryl/α,β-unsaturated/α-hetero) is 2. The third-order valence-electron chi connectivity index (χ3n) is 6.39. The SMILES string of the molecule is CC(C)[C@H](NC(=O)OCc1ccccc1)C(=O)N1C[C@H](O)C[C@H]1C(=O)C[C@@H](CCCN=C(N)N)C(=O)CF. The molecule has 4 atom stereocenters. The summed E-state index contributed by atoms with van der Waals surface area (Å²) >= 11 is 0. The molecule has 12 heteroatoms. The first-order chi connectivity index (χ1) is 18.0. The predicted molar refractivity (Wildman–Crippen MR) is 139 cm³/mol. The first kappa shape index (κ1) is 30.7. The summed E-state index contributed by atoms with van der Waals surface area (Å²) in [6.07, 6.45) is -1.50. The van der Waals surface area contributed by atoms with E-state index in [1.54, 1.807) is 26.0 Å². The molecule has 1 heterocycles. The molecule has 0 unspecified atom stereocenters. The number of rotatable bonds is 14. The largest absolute Gasteiger partial charge is 0.445 e. The van der Waals surface area contributed by atoms with Gasteiger partial charge in [-0.2, -0.15) is 0 Å². The Morgan fingerprint density at radius 2 is 1.89 bits per heavy atom. The molecule has 11 nitrogen and oxygen atoms in total. The van der Waals surface area contributed by atoms with Crippen molar-refractivity contribution in [3.8, 4) is 0 Å². The topological polar surface area (TPSA) is 177 Å². The highest BCUT2D eigenvalue weighted by Crippen LogP contribution is 2.25. The van der Waals surface area contributed by atoms with Gasteiger partial charge >= 0.3 is 6.09 Å². The second-order valence-corrected chi connectivity index (χ2v) is 9.74. The molecule has 0 bridgehead atoms. The molecule has 1 aromatic carbocycles. The molecule has 6 N–H and O–H groups in total. The molecule has 1 aromatic rings. The molecule has 1 aliphatic rings. The number of alkyl halides is 1. The molecule has 0 saturated carbocycles. The van der Waals surface area contributed by atoms with Crippen molar-refractivity contribution in [1.29, 1.82) is 0 Å². The first-order valence-electron chi connectivity index (χ1n) is 12.7. The zero-order valence-corrected chi connectivity index (χ0v) is 21.8. The zero-order chi connectivity index (χ0) is 28.2. The van der Waals surface area contributed by atoms with Crippen LogP contribution in [0.15, 0.2) is 35.3 Å². The lowest BCUT2D eigenvalue weighted by atomic mass is 9.90. The van der Waals surface area contributed by atoms with Crippen LogP contribution in [0.3, 0.4) is 0 Å². The number of benzene rings is 1. The monoisotopic (exact) mass is 535 g/mol. The molecule has 0 aromatic heterocycles. The number of β-amino-alcohol motifs (C(OH)–C–C–N with tert-alkyl or cyclic N) is 1. The van der Waals surface area contributed by atoms with Gasteiger partial charge in [-0.05, 0) is 24.3 Å². The zero-order valence-electron chi connectivity index (χ0n) is 21.8. The summed E-state index contributed by atoms with van der Waals surface area (Å²) in [5, 5.41) is 12.8. The van der Waals surface area contributed by atoms with E-state index in [-0.39, 0.29) is 50.8 Å². The molecule has 2 rings (SSSR count). The van der Waals surface area contributed by atoms with Gasteiger partial charge in [-0.3, -0.25) is 19.4 Å². The number of likely N-dealkylation sites (tertiary alicyclic amines) is 1. The number of guanidine groups is 1. The van der Waals surface area contributed by atoms with E-state index in [2.05, 4.69) is 10.3 Å². The lowest BCUT2D eigenvalue weighted by Crippen LogP contribution is -2.54. The maximum Gasteiger partial charge on any atom is 0.408 e. The number of nitrogens with two attached hydrogens (primary N) is 2. The van der Waals surface area contributed by atoms with Crippen LogP contribution < -0.4 is 16.8 Å². The number of amides is 2. The Morgan fingerprint density at radius 3 is 2.50 bits per heavy atom. The van der Waals surface area contributed by atoms with Gasteiger partial charge in [0.1, 0.15) is 19.3 Å². The Bertz CT molecular complexity index is 986. The summed E-state index contributed by atoms with van der Waals surface area (Å²) in [4.78, 5) is 56.3. The van der Waals surface area contributed by atoms with Crippen LogP contribution in [0.5, 0.6) is 0 Å². The highest BCUT2D eigenvalue weighted by molar-refractivity contribution is 5.95. The van der Waals surface area contributed by atoms with Gasteiger partial charge in [0.2, 0.25) is 5.91 Å². The standard InChI is InChI=1S/C26H38FN5O6/c1-16(2)23(31-26(37)38-15-17-7-4-3-5-8-17)24(36)32-14-19(33)12-20(32)21(34)11-18(22(35)13-27)9-6-10-30-25(28)29/h3-5,7-8,16,18-20,23,33H,6,9-15H2,1-2H3,(H,31,37)(H4,28,29,30)/t18-,19-,20+,23+/m1/s1. The lowest BCUT2D eigenvalue weighted by molar-refractivity contribution is -0.141. The highest BCUT2D eigenvalue weighted by Gasteiger charge is 2.42. The van der Waals surface area contributed by atoms with Gasteiger partial charge in [0.15, 0.2) is 17.5 Å². The van der Waals surface area contributed by atoms with E-state index < -0.39 is 54.3 Å². The molecule has 0 spiro atoms. The fourth-order valence-corrected chi connectivity index (χ4v) is 4.36. The van der Waals surface area contributed by atoms with Crippen molar-refractivity contribution in [2.45, 2.75) is 64.3 Å². The average Bonchev–Trinajstić information content (AvgIpc) is 3.28. The Balaban J connectivity index is 2.07. The molecule has 0 radical (unpaired) electrons. The van der Waals surface area contributed by atoms with Crippen molar-refractivity contribution in [1.82, 2.24) is 10.2 Å². The molecule has 0 aliphatic carbocycles. The molecular formula is C26H38FN5O6. The van der Waals surface area contributed by atoms with Gasteiger partial charge in [0.05, 0.1) is 12.1 Å². The van der Waals surface area contributed by atoms with Crippen LogP contribution in [0.4, 0.5) is 9.18 Å². The molecule has 2 amide bonds. The summed E-state index contributed by atoms with van der Waals surface area (Å²) in [6.45, 7) is 2.38. The van der Waals surface area contributed by atoms with Crippen LogP contribution in [0.2, 0.25) is 0 Å². The van der Waals surface area contributed by atoms with E-state index in [1.807, 2.05) is 18.2 Å². The van der Waals surface area contributed by atoms with Gasteiger partial charge < -0.3 is 31.5 Å². The summed E-state index contributed by atoms with van der Waals surface area (Å²) < 4.78 is 18.4. The normalized spacial score (nSPS) is 18.5.